The van der Waals surface area contributed by atoms with E-state index >= 15 is 0 Å². The van der Waals surface area contributed by atoms with E-state index in [9.17, 15) is 10.1 Å². The van der Waals surface area contributed by atoms with Crippen molar-refractivity contribution in [3.63, 3.8) is 0 Å². The normalized spacial score (nSPS) is 10.2. The van der Waals surface area contributed by atoms with Crippen LogP contribution in [0.4, 0.5) is 11.4 Å². The monoisotopic (exact) mass is 334 g/mol. The molecular formula is C17H14N6O2. The number of nitro benzene ring substituents is 1. The van der Waals surface area contributed by atoms with E-state index in [4.69, 9.17) is 5.26 Å². The SMILES string of the molecule is N#Cc1ccc(NCc2ccc(Cn3cncn3)cc2)c([N+](=O)[O-])c1. The smallest absolute Gasteiger partial charge is 0.293 e. The third kappa shape index (κ3) is 3.97. The highest BCUT2D eigenvalue weighted by Crippen LogP contribution is 2.25. The van der Waals surface area contributed by atoms with Crippen LogP contribution in [0, 0.1) is 21.4 Å². The predicted octanol–water partition coefficient (Wildman–Crippen LogP) is 2.72. The Morgan fingerprint density at radius 3 is 2.60 bits per heavy atom. The second-order valence-corrected chi connectivity index (χ2v) is 5.36. The van der Waals surface area contributed by atoms with Gasteiger partial charge in [0.2, 0.25) is 0 Å². The molecule has 2 aromatic carbocycles. The quantitative estimate of drug-likeness (QED) is 0.548. The maximum absolute atomic E-state index is 11.1. The molecule has 0 aliphatic carbocycles. The van der Waals surface area contributed by atoms with Gasteiger partial charge in [-0.05, 0) is 23.3 Å². The number of hydrogen-bond donors (Lipinski definition) is 1. The number of anilines is 1. The van der Waals surface area contributed by atoms with Crippen LogP contribution in [-0.4, -0.2) is 19.7 Å². The van der Waals surface area contributed by atoms with Crippen LogP contribution in [-0.2, 0) is 13.1 Å². The van der Waals surface area contributed by atoms with Crippen LogP contribution < -0.4 is 5.32 Å². The Balaban J connectivity index is 1.67. The average molecular weight is 334 g/mol. The molecule has 0 atom stereocenters. The van der Waals surface area contributed by atoms with Gasteiger partial charge in [-0.2, -0.15) is 10.4 Å². The zero-order valence-corrected chi connectivity index (χ0v) is 13.2. The molecule has 0 amide bonds. The van der Waals surface area contributed by atoms with Crippen molar-refractivity contribution in [2.45, 2.75) is 13.1 Å². The molecule has 8 heteroatoms. The van der Waals surface area contributed by atoms with E-state index in [0.717, 1.165) is 11.1 Å². The number of nitriles is 1. The molecule has 0 fully saturated rings. The van der Waals surface area contributed by atoms with Gasteiger partial charge >= 0.3 is 0 Å². The van der Waals surface area contributed by atoms with Gasteiger partial charge in [0.25, 0.3) is 5.69 Å². The van der Waals surface area contributed by atoms with Crippen LogP contribution in [0.3, 0.4) is 0 Å². The number of hydrogen-bond acceptors (Lipinski definition) is 6. The van der Waals surface area contributed by atoms with E-state index in [-0.39, 0.29) is 11.3 Å². The second kappa shape index (κ2) is 7.23. The Kier molecular flexibility index (Phi) is 4.67. The van der Waals surface area contributed by atoms with Crippen molar-refractivity contribution in [3.8, 4) is 6.07 Å². The Hall–Kier alpha value is -3.73. The Labute approximate surface area is 143 Å². The van der Waals surface area contributed by atoms with E-state index in [0.29, 0.717) is 18.8 Å². The van der Waals surface area contributed by atoms with Crippen molar-refractivity contribution in [2.24, 2.45) is 0 Å². The molecule has 25 heavy (non-hydrogen) atoms. The lowest BCUT2D eigenvalue weighted by molar-refractivity contribution is -0.384. The first-order valence-corrected chi connectivity index (χ1v) is 7.48. The molecule has 0 spiro atoms. The fraction of sp³-hybridized carbons (Fsp3) is 0.118. The third-order valence-corrected chi connectivity index (χ3v) is 3.64. The van der Waals surface area contributed by atoms with Gasteiger partial charge in [-0.3, -0.25) is 10.1 Å². The van der Waals surface area contributed by atoms with Crippen molar-refractivity contribution in [2.75, 3.05) is 5.32 Å². The van der Waals surface area contributed by atoms with E-state index in [1.54, 1.807) is 23.1 Å². The first-order valence-electron chi connectivity index (χ1n) is 7.48. The summed E-state index contributed by atoms with van der Waals surface area (Å²) in [7, 11) is 0. The molecule has 0 bridgehead atoms. The molecule has 1 N–H and O–H groups in total. The Bertz CT molecular complexity index is 913. The molecule has 1 heterocycles. The molecule has 8 nitrogen and oxygen atoms in total. The molecule has 3 aromatic rings. The zero-order chi connectivity index (χ0) is 17.6. The summed E-state index contributed by atoms with van der Waals surface area (Å²) in [5, 5.41) is 27.1. The van der Waals surface area contributed by atoms with Crippen molar-refractivity contribution >= 4 is 11.4 Å². The van der Waals surface area contributed by atoms with E-state index in [1.165, 1.54) is 12.4 Å². The van der Waals surface area contributed by atoms with Gasteiger partial charge in [0.05, 0.1) is 23.1 Å². The molecule has 0 saturated carbocycles. The minimum Gasteiger partial charge on any atom is -0.375 e. The van der Waals surface area contributed by atoms with Gasteiger partial charge in [-0.25, -0.2) is 9.67 Å². The standard InChI is InChI=1S/C17H14N6O2/c18-8-15-5-6-16(17(7-15)23(24)25)20-9-13-1-3-14(4-2-13)10-22-12-19-11-21-22/h1-7,11-12,20H,9-10H2. The molecule has 0 unspecified atom stereocenters. The number of benzene rings is 2. The zero-order valence-electron chi connectivity index (χ0n) is 13.2. The predicted molar refractivity (Wildman–Crippen MR) is 90.7 cm³/mol. The lowest BCUT2D eigenvalue weighted by Gasteiger charge is -2.08. The van der Waals surface area contributed by atoms with Gasteiger partial charge in [0.1, 0.15) is 18.3 Å². The summed E-state index contributed by atoms with van der Waals surface area (Å²) in [6.45, 7) is 1.07. The van der Waals surface area contributed by atoms with Crippen molar-refractivity contribution in [1.82, 2.24) is 14.8 Å². The summed E-state index contributed by atoms with van der Waals surface area (Å²) in [6, 6.07) is 14.1. The number of nitrogens with zero attached hydrogens (tertiary/aromatic N) is 5. The maximum Gasteiger partial charge on any atom is 0.293 e. The van der Waals surface area contributed by atoms with Gasteiger partial charge < -0.3 is 5.32 Å². The highest BCUT2D eigenvalue weighted by molar-refractivity contribution is 5.64. The molecule has 124 valence electrons. The van der Waals surface area contributed by atoms with Crippen molar-refractivity contribution in [1.29, 1.82) is 5.26 Å². The largest absolute Gasteiger partial charge is 0.375 e. The maximum atomic E-state index is 11.1. The van der Waals surface area contributed by atoms with Gasteiger partial charge in [0, 0.05) is 12.6 Å². The summed E-state index contributed by atoms with van der Waals surface area (Å²) in [5.41, 5.74) is 2.60. The topological polar surface area (TPSA) is 110 Å². The van der Waals surface area contributed by atoms with E-state index in [1.807, 2.05) is 30.3 Å². The lowest BCUT2D eigenvalue weighted by atomic mass is 10.1. The Morgan fingerprint density at radius 2 is 1.96 bits per heavy atom. The average Bonchev–Trinajstić information content (AvgIpc) is 3.14. The fourth-order valence-corrected chi connectivity index (χ4v) is 2.36. The van der Waals surface area contributed by atoms with Crippen LogP contribution >= 0.6 is 0 Å². The van der Waals surface area contributed by atoms with Gasteiger partial charge in [0.15, 0.2) is 0 Å². The van der Waals surface area contributed by atoms with Gasteiger partial charge in [-0.1, -0.05) is 24.3 Å². The second-order valence-electron chi connectivity index (χ2n) is 5.36. The first-order chi connectivity index (χ1) is 12.2. The molecule has 0 aliphatic heterocycles. The summed E-state index contributed by atoms with van der Waals surface area (Å²) in [4.78, 5) is 14.5. The molecule has 0 saturated heterocycles. The molecule has 0 radical (unpaired) electrons. The van der Waals surface area contributed by atoms with Crippen molar-refractivity contribution < 1.29 is 4.92 Å². The lowest BCUT2D eigenvalue weighted by Crippen LogP contribution is -2.04. The molecule has 3 rings (SSSR count). The minimum absolute atomic E-state index is 0.109. The van der Waals surface area contributed by atoms with Crippen LogP contribution in [0.15, 0.2) is 55.1 Å². The fourth-order valence-electron chi connectivity index (χ4n) is 2.36. The summed E-state index contributed by atoms with van der Waals surface area (Å²) >= 11 is 0. The number of nitrogens with one attached hydrogen (secondary N) is 1. The highest BCUT2D eigenvalue weighted by Gasteiger charge is 2.14. The van der Waals surface area contributed by atoms with E-state index in [2.05, 4.69) is 15.4 Å². The minimum atomic E-state index is -0.496. The first kappa shape index (κ1) is 16.1. The summed E-state index contributed by atoms with van der Waals surface area (Å²) in [5.74, 6) is 0. The number of rotatable bonds is 6. The van der Waals surface area contributed by atoms with Crippen LogP contribution in [0.5, 0.6) is 0 Å². The molecule has 1 aromatic heterocycles. The molecule has 0 aliphatic rings. The van der Waals surface area contributed by atoms with Crippen LogP contribution in [0.25, 0.3) is 0 Å². The van der Waals surface area contributed by atoms with E-state index < -0.39 is 4.92 Å². The van der Waals surface area contributed by atoms with Gasteiger partial charge in [-0.15, -0.1) is 0 Å². The van der Waals surface area contributed by atoms with Crippen molar-refractivity contribution in [3.05, 3.63) is 81.9 Å². The highest BCUT2D eigenvalue weighted by atomic mass is 16.6. The third-order valence-electron chi connectivity index (χ3n) is 3.64. The summed E-state index contributed by atoms with van der Waals surface area (Å²) < 4.78 is 1.73. The molecular weight excluding hydrogens is 320 g/mol. The number of nitro groups is 1. The van der Waals surface area contributed by atoms with Crippen LogP contribution in [0.2, 0.25) is 0 Å². The summed E-state index contributed by atoms with van der Waals surface area (Å²) in [6.07, 6.45) is 3.14. The Morgan fingerprint density at radius 1 is 1.20 bits per heavy atom. The van der Waals surface area contributed by atoms with Crippen LogP contribution in [0.1, 0.15) is 16.7 Å². The number of aromatic nitrogens is 3.